The zero-order chi connectivity index (χ0) is 18.2. The molecule has 2 aliphatic carbocycles. The highest BCUT2D eigenvalue weighted by molar-refractivity contribution is 5.77. The summed E-state index contributed by atoms with van der Waals surface area (Å²) in [5.41, 5.74) is 0.871. The maximum Gasteiger partial charge on any atom is 0.316 e. The van der Waals surface area contributed by atoms with Crippen LogP contribution in [0.1, 0.15) is 57.9 Å². The van der Waals surface area contributed by atoms with Crippen LogP contribution in [0.5, 0.6) is 5.75 Å². The third-order valence-corrected chi connectivity index (χ3v) is 5.98. The first-order valence-corrected chi connectivity index (χ1v) is 9.71. The zero-order valence-corrected chi connectivity index (χ0v) is 16.4. The van der Waals surface area contributed by atoms with E-state index in [1.165, 1.54) is 31.2 Å². The van der Waals surface area contributed by atoms with Gasteiger partial charge in [-0.25, -0.2) is 0 Å². The van der Waals surface area contributed by atoms with Crippen molar-refractivity contribution in [3.63, 3.8) is 0 Å². The Bertz CT molecular complexity index is 617. The van der Waals surface area contributed by atoms with Crippen LogP contribution in [-0.4, -0.2) is 31.5 Å². The summed E-state index contributed by atoms with van der Waals surface area (Å²) in [7, 11) is 4.36. The van der Waals surface area contributed by atoms with Crippen molar-refractivity contribution in [1.82, 2.24) is 4.90 Å². The molecule has 0 aliphatic heterocycles. The lowest BCUT2D eigenvalue weighted by Gasteiger charge is -2.38. The van der Waals surface area contributed by atoms with Crippen LogP contribution in [0.3, 0.4) is 0 Å². The van der Waals surface area contributed by atoms with Gasteiger partial charge in [-0.1, -0.05) is 18.6 Å². The summed E-state index contributed by atoms with van der Waals surface area (Å²) >= 11 is 0. The number of hydrogen-bond donors (Lipinski definition) is 0. The minimum Gasteiger partial charge on any atom is -0.426 e. The molecule has 4 unspecified atom stereocenters. The maximum absolute atomic E-state index is 12.2. The minimum atomic E-state index is -0.479. The van der Waals surface area contributed by atoms with Crippen molar-refractivity contribution < 1.29 is 9.53 Å². The molecule has 3 heteroatoms. The van der Waals surface area contributed by atoms with Gasteiger partial charge < -0.3 is 9.64 Å². The maximum atomic E-state index is 12.2. The Balaban J connectivity index is 1.82. The second-order valence-corrected chi connectivity index (χ2v) is 9.42. The largest absolute Gasteiger partial charge is 0.426 e. The number of fused-ring (bicyclic) bond motifs is 2. The van der Waals surface area contributed by atoms with Crippen LogP contribution in [0.25, 0.3) is 0 Å². The summed E-state index contributed by atoms with van der Waals surface area (Å²) in [6, 6.07) is 8.30. The van der Waals surface area contributed by atoms with Gasteiger partial charge in [0.1, 0.15) is 5.75 Å². The van der Waals surface area contributed by atoms with Gasteiger partial charge in [0.2, 0.25) is 0 Å². The first-order chi connectivity index (χ1) is 11.7. The molecule has 2 saturated carbocycles. The van der Waals surface area contributed by atoms with Gasteiger partial charge in [0, 0.05) is 6.54 Å². The quantitative estimate of drug-likeness (QED) is 0.585. The summed E-state index contributed by atoms with van der Waals surface area (Å²) in [6.07, 6.45) is 5.47. The molecule has 0 aromatic heterocycles. The van der Waals surface area contributed by atoms with Crippen LogP contribution < -0.4 is 4.74 Å². The summed E-state index contributed by atoms with van der Waals surface area (Å²) in [6.45, 7) is 6.83. The Morgan fingerprint density at radius 3 is 2.64 bits per heavy atom. The molecule has 2 fully saturated rings. The lowest BCUT2D eigenvalue weighted by molar-refractivity contribution is -0.143. The fourth-order valence-corrected chi connectivity index (χ4v) is 4.73. The number of carbonyl (C=O) groups excluding carboxylic acids is 1. The van der Waals surface area contributed by atoms with Gasteiger partial charge in [0.25, 0.3) is 0 Å². The molecule has 0 radical (unpaired) electrons. The summed E-state index contributed by atoms with van der Waals surface area (Å²) in [4.78, 5) is 14.5. The minimum absolute atomic E-state index is 0.168. The zero-order valence-electron chi connectivity index (χ0n) is 16.4. The number of nitrogens with zero attached hydrogens (tertiary/aromatic N) is 1. The lowest BCUT2D eigenvalue weighted by Crippen LogP contribution is -2.34. The van der Waals surface area contributed by atoms with Gasteiger partial charge in [0.15, 0.2) is 0 Å². The fourth-order valence-electron chi connectivity index (χ4n) is 4.73. The van der Waals surface area contributed by atoms with Crippen molar-refractivity contribution in [2.75, 3.05) is 20.6 Å². The van der Waals surface area contributed by atoms with Gasteiger partial charge in [0.05, 0.1) is 5.41 Å². The summed E-state index contributed by atoms with van der Waals surface area (Å²) < 4.78 is 5.65. The molecule has 0 amide bonds. The molecule has 3 rings (SSSR count). The highest BCUT2D eigenvalue weighted by atomic mass is 16.5. The molecule has 1 aromatic carbocycles. The molecule has 0 spiro atoms. The van der Waals surface area contributed by atoms with E-state index in [1.54, 1.807) is 0 Å². The molecule has 3 nitrogen and oxygen atoms in total. The standard InChI is InChI=1S/C22H33NO2/c1-22(2,3)21(24)25-18-8-6-7-16(13-18)19-12-15-9-10-17(11-15)20(19)14-23(4)5/h6-8,13,15,17,19-20H,9-12,14H2,1-5H3. The topological polar surface area (TPSA) is 29.5 Å². The van der Waals surface area contributed by atoms with Crippen molar-refractivity contribution in [1.29, 1.82) is 0 Å². The number of carbonyl (C=O) groups is 1. The highest BCUT2D eigenvalue weighted by Crippen LogP contribution is 2.52. The van der Waals surface area contributed by atoms with Gasteiger partial charge in [-0.3, -0.25) is 4.79 Å². The molecule has 2 aliphatic rings. The van der Waals surface area contributed by atoms with Gasteiger partial charge in [-0.05, 0) is 95.5 Å². The van der Waals surface area contributed by atoms with E-state index in [0.717, 1.165) is 18.4 Å². The lowest BCUT2D eigenvalue weighted by atomic mass is 9.69. The van der Waals surface area contributed by atoms with Crippen molar-refractivity contribution in [3.05, 3.63) is 29.8 Å². The molecule has 2 bridgehead atoms. The highest BCUT2D eigenvalue weighted by Gasteiger charge is 2.42. The fraction of sp³-hybridized carbons (Fsp3) is 0.682. The van der Waals surface area contributed by atoms with Crippen molar-refractivity contribution in [2.45, 2.75) is 52.4 Å². The van der Waals surface area contributed by atoms with E-state index in [-0.39, 0.29) is 5.97 Å². The van der Waals surface area contributed by atoms with E-state index in [0.29, 0.717) is 17.6 Å². The SMILES string of the molecule is CN(C)CC1C2CCC(C2)CC1c1cccc(OC(=O)C(C)(C)C)c1. The van der Waals surface area contributed by atoms with Crippen molar-refractivity contribution >= 4 is 5.97 Å². The number of rotatable bonds is 4. The second-order valence-electron chi connectivity index (χ2n) is 9.42. The number of ether oxygens (including phenoxy) is 1. The molecule has 0 heterocycles. The first-order valence-electron chi connectivity index (χ1n) is 9.71. The molecule has 138 valence electrons. The molecule has 0 saturated heterocycles. The van der Waals surface area contributed by atoms with E-state index in [1.807, 2.05) is 32.9 Å². The predicted molar refractivity (Wildman–Crippen MR) is 102 cm³/mol. The van der Waals surface area contributed by atoms with E-state index in [2.05, 4.69) is 31.1 Å². The molecule has 4 atom stereocenters. The van der Waals surface area contributed by atoms with Crippen LogP contribution in [0, 0.1) is 23.2 Å². The summed E-state index contributed by atoms with van der Waals surface area (Å²) in [5, 5.41) is 0. The molecular weight excluding hydrogens is 310 g/mol. The van der Waals surface area contributed by atoms with Gasteiger partial charge in [-0.2, -0.15) is 0 Å². The van der Waals surface area contributed by atoms with E-state index >= 15 is 0 Å². The van der Waals surface area contributed by atoms with Crippen molar-refractivity contribution in [3.8, 4) is 5.75 Å². The van der Waals surface area contributed by atoms with Crippen LogP contribution >= 0.6 is 0 Å². The van der Waals surface area contributed by atoms with E-state index in [9.17, 15) is 4.79 Å². The predicted octanol–water partition coefficient (Wildman–Crippen LogP) is 4.72. The molecule has 0 N–H and O–H groups in total. The van der Waals surface area contributed by atoms with Crippen LogP contribution in [0.2, 0.25) is 0 Å². The van der Waals surface area contributed by atoms with E-state index < -0.39 is 5.41 Å². The first kappa shape index (κ1) is 18.4. The number of hydrogen-bond acceptors (Lipinski definition) is 3. The third kappa shape index (κ3) is 4.25. The monoisotopic (exact) mass is 343 g/mol. The Labute approximate surface area is 152 Å². The Hall–Kier alpha value is -1.35. The normalized spacial score (nSPS) is 29.0. The van der Waals surface area contributed by atoms with Gasteiger partial charge in [-0.15, -0.1) is 0 Å². The van der Waals surface area contributed by atoms with Crippen molar-refractivity contribution in [2.24, 2.45) is 23.2 Å². The average molecular weight is 344 g/mol. The molecule has 1 aromatic rings. The van der Waals surface area contributed by atoms with Crippen LogP contribution in [0.15, 0.2) is 24.3 Å². The number of esters is 1. The van der Waals surface area contributed by atoms with Gasteiger partial charge >= 0.3 is 5.97 Å². The smallest absolute Gasteiger partial charge is 0.316 e. The second kappa shape index (κ2) is 7.11. The van der Waals surface area contributed by atoms with Crippen LogP contribution in [-0.2, 0) is 4.79 Å². The Kier molecular flexibility index (Phi) is 5.24. The molecule has 25 heavy (non-hydrogen) atoms. The third-order valence-electron chi connectivity index (χ3n) is 5.98. The molecular formula is C22H33NO2. The average Bonchev–Trinajstić information content (AvgIpc) is 2.92. The van der Waals surface area contributed by atoms with E-state index in [4.69, 9.17) is 4.74 Å². The Morgan fingerprint density at radius 1 is 1.20 bits per heavy atom. The Morgan fingerprint density at radius 2 is 1.96 bits per heavy atom. The van der Waals surface area contributed by atoms with Crippen LogP contribution in [0.4, 0.5) is 0 Å². The number of benzene rings is 1. The summed E-state index contributed by atoms with van der Waals surface area (Å²) in [5.74, 6) is 3.56.